The van der Waals surface area contributed by atoms with Gasteiger partial charge in [-0.15, -0.1) is 10.2 Å². The number of rotatable bonds is 6. The van der Waals surface area contributed by atoms with E-state index >= 15 is 0 Å². The molecule has 29 heavy (non-hydrogen) atoms. The molecule has 4 rings (SSSR count). The van der Waals surface area contributed by atoms with Crippen molar-refractivity contribution in [3.8, 4) is 10.9 Å². The van der Waals surface area contributed by atoms with Crippen LogP contribution in [0.1, 0.15) is 18.4 Å². The number of anilines is 1. The van der Waals surface area contributed by atoms with Crippen molar-refractivity contribution in [2.24, 2.45) is 5.92 Å². The average molecular weight is 476 g/mol. The highest BCUT2D eigenvalue weighted by Crippen LogP contribution is 2.28. The Labute approximate surface area is 181 Å². The van der Waals surface area contributed by atoms with Crippen molar-refractivity contribution < 1.29 is 9.53 Å². The van der Waals surface area contributed by atoms with Gasteiger partial charge >= 0.3 is 0 Å². The summed E-state index contributed by atoms with van der Waals surface area (Å²) in [5.41, 5.74) is 0.948. The molecule has 1 N–H and O–H groups in total. The highest BCUT2D eigenvalue weighted by molar-refractivity contribution is 9.10. The van der Waals surface area contributed by atoms with Crippen LogP contribution < -0.4 is 15.0 Å². The first-order chi connectivity index (χ1) is 14.1. The van der Waals surface area contributed by atoms with Gasteiger partial charge in [-0.3, -0.25) is 9.36 Å². The molecular weight excluding hydrogens is 454 g/mol. The number of ether oxygens (including phenoxy) is 1. The van der Waals surface area contributed by atoms with Gasteiger partial charge in [-0.2, -0.15) is 0 Å². The fourth-order valence-corrected chi connectivity index (χ4v) is 4.74. The van der Waals surface area contributed by atoms with Gasteiger partial charge < -0.3 is 15.0 Å². The third-order valence-electron chi connectivity index (χ3n) is 4.99. The quantitative estimate of drug-likeness (QED) is 0.589. The molecule has 2 aromatic heterocycles. The van der Waals surface area contributed by atoms with Gasteiger partial charge in [0.25, 0.3) is 0 Å². The highest BCUT2D eigenvalue weighted by atomic mass is 79.9. The largest absolute Gasteiger partial charge is 0.496 e. The van der Waals surface area contributed by atoms with Crippen LogP contribution in [0.15, 0.2) is 47.2 Å². The van der Waals surface area contributed by atoms with Gasteiger partial charge in [0.05, 0.1) is 13.0 Å². The predicted molar refractivity (Wildman–Crippen MR) is 117 cm³/mol. The number of carbonyl (C=O) groups is 1. The lowest BCUT2D eigenvalue weighted by atomic mass is 9.97. The number of piperidine rings is 1. The molecule has 0 radical (unpaired) electrons. The number of aromatic nitrogens is 3. The molecule has 3 heterocycles. The van der Waals surface area contributed by atoms with Gasteiger partial charge in [-0.05, 0) is 43.2 Å². The maximum Gasteiger partial charge on any atom is 0.225 e. The molecular formula is C20H22BrN5O2S. The van der Waals surface area contributed by atoms with E-state index in [1.807, 2.05) is 47.3 Å². The molecule has 1 aliphatic rings. The van der Waals surface area contributed by atoms with Crippen LogP contribution in [0, 0.1) is 5.92 Å². The smallest absolute Gasteiger partial charge is 0.225 e. The van der Waals surface area contributed by atoms with Crippen molar-refractivity contribution in [3.63, 3.8) is 0 Å². The Morgan fingerprint density at radius 2 is 2.10 bits per heavy atom. The lowest BCUT2D eigenvalue weighted by molar-refractivity contribution is -0.125. The molecule has 0 bridgehead atoms. The summed E-state index contributed by atoms with van der Waals surface area (Å²) in [5.74, 6) is 0.762. The van der Waals surface area contributed by atoms with Crippen LogP contribution in [-0.2, 0) is 11.3 Å². The monoisotopic (exact) mass is 475 g/mol. The number of nitrogens with zero attached hydrogens (tertiary/aromatic N) is 4. The van der Waals surface area contributed by atoms with E-state index in [0.29, 0.717) is 13.1 Å². The minimum absolute atomic E-state index is 0.0619. The highest BCUT2D eigenvalue weighted by Gasteiger charge is 2.27. The summed E-state index contributed by atoms with van der Waals surface area (Å²) in [5, 5.41) is 13.4. The van der Waals surface area contributed by atoms with E-state index in [9.17, 15) is 4.79 Å². The number of amides is 1. The summed E-state index contributed by atoms with van der Waals surface area (Å²) in [6.07, 6.45) is 5.73. The molecule has 0 unspecified atom stereocenters. The van der Waals surface area contributed by atoms with E-state index in [1.54, 1.807) is 18.4 Å². The summed E-state index contributed by atoms with van der Waals surface area (Å²) in [7, 11) is 1.64. The van der Waals surface area contributed by atoms with Crippen LogP contribution in [0.2, 0.25) is 0 Å². The van der Waals surface area contributed by atoms with Gasteiger partial charge in [0, 0.05) is 42.1 Å². The van der Waals surface area contributed by atoms with Crippen molar-refractivity contribution in [1.29, 1.82) is 0 Å². The summed E-state index contributed by atoms with van der Waals surface area (Å²) >= 11 is 5.01. The Morgan fingerprint density at radius 1 is 1.31 bits per heavy atom. The van der Waals surface area contributed by atoms with Gasteiger partial charge in [-0.25, -0.2) is 0 Å². The van der Waals surface area contributed by atoms with Crippen molar-refractivity contribution in [1.82, 2.24) is 20.1 Å². The van der Waals surface area contributed by atoms with E-state index in [4.69, 9.17) is 4.74 Å². The Hall–Kier alpha value is -2.39. The van der Waals surface area contributed by atoms with Crippen LogP contribution in [0.5, 0.6) is 5.75 Å². The minimum Gasteiger partial charge on any atom is -0.496 e. The zero-order chi connectivity index (χ0) is 20.2. The first kappa shape index (κ1) is 19.9. The van der Waals surface area contributed by atoms with Crippen LogP contribution in [-0.4, -0.2) is 40.9 Å². The number of hydrogen-bond donors (Lipinski definition) is 1. The molecule has 7 nitrogen and oxygen atoms in total. The first-order valence-electron chi connectivity index (χ1n) is 9.46. The summed E-state index contributed by atoms with van der Waals surface area (Å²) in [6, 6.07) is 9.71. The standard InChI is InChI=1S/C20H22BrN5O2S/c1-28-17-7-6-16(21)11-15(17)12-22-18(27)14-5-4-10-26(13-14)20-24-23-19(29-20)25-8-2-3-9-25/h2-3,6-9,11,14H,4-5,10,12-13H2,1H3,(H,22,27)/t14-/m1/s1. The van der Waals surface area contributed by atoms with Crippen molar-refractivity contribution in [2.75, 3.05) is 25.1 Å². The van der Waals surface area contributed by atoms with Gasteiger partial charge in [0.1, 0.15) is 5.75 Å². The van der Waals surface area contributed by atoms with E-state index in [1.165, 1.54) is 0 Å². The zero-order valence-electron chi connectivity index (χ0n) is 16.0. The fourth-order valence-electron chi connectivity index (χ4n) is 3.48. The molecule has 9 heteroatoms. The maximum atomic E-state index is 12.8. The number of hydrogen-bond acceptors (Lipinski definition) is 6. The second kappa shape index (κ2) is 8.96. The first-order valence-corrected chi connectivity index (χ1v) is 11.1. The number of carbonyl (C=O) groups excluding carboxylic acids is 1. The van der Waals surface area contributed by atoms with E-state index < -0.39 is 0 Å². The Kier molecular flexibility index (Phi) is 6.15. The fraction of sp³-hybridized carbons (Fsp3) is 0.350. The van der Waals surface area contributed by atoms with Crippen molar-refractivity contribution >= 4 is 38.3 Å². The Bertz CT molecular complexity index is 975. The second-order valence-corrected chi connectivity index (χ2v) is 8.77. The van der Waals surface area contributed by atoms with Crippen LogP contribution in [0.3, 0.4) is 0 Å². The molecule has 0 aliphatic carbocycles. The summed E-state index contributed by atoms with van der Waals surface area (Å²) < 4.78 is 8.29. The summed E-state index contributed by atoms with van der Waals surface area (Å²) in [4.78, 5) is 15.0. The number of halogens is 1. The van der Waals surface area contributed by atoms with Crippen LogP contribution in [0.25, 0.3) is 5.13 Å². The third kappa shape index (κ3) is 4.62. The topological polar surface area (TPSA) is 72.3 Å². The molecule has 1 saturated heterocycles. The minimum atomic E-state index is -0.0687. The number of benzene rings is 1. The van der Waals surface area contributed by atoms with Crippen LogP contribution in [0.4, 0.5) is 5.13 Å². The molecule has 1 aliphatic heterocycles. The summed E-state index contributed by atoms with van der Waals surface area (Å²) in [6.45, 7) is 1.99. The molecule has 152 valence electrons. The van der Waals surface area contributed by atoms with E-state index in [0.717, 1.165) is 45.4 Å². The van der Waals surface area contributed by atoms with Gasteiger partial charge in [-0.1, -0.05) is 27.3 Å². The van der Waals surface area contributed by atoms with Crippen molar-refractivity contribution in [2.45, 2.75) is 19.4 Å². The van der Waals surface area contributed by atoms with Crippen molar-refractivity contribution in [3.05, 3.63) is 52.8 Å². The Balaban J connectivity index is 1.38. The zero-order valence-corrected chi connectivity index (χ0v) is 18.4. The lowest BCUT2D eigenvalue weighted by Crippen LogP contribution is -2.43. The third-order valence-corrected chi connectivity index (χ3v) is 6.48. The van der Waals surface area contributed by atoms with Gasteiger partial charge in [0.2, 0.25) is 16.2 Å². The molecule has 1 aromatic carbocycles. The molecule has 1 amide bonds. The molecule has 1 fully saturated rings. The number of nitrogens with one attached hydrogen (secondary N) is 1. The predicted octanol–water partition coefficient (Wildman–Crippen LogP) is 3.63. The van der Waals surface area contributed by atoms with E-state index in [-0.39, 0.29) is 11.8 Å². The van der Waals surface area contributed by atoms with E-state index in [2.05, 4.69) is 36.3 Å². The molecule has 1 atom stereocenters. The van der Waals surface area contributed by atoms with Gasteiger partial charge in [0.15, 0.2) is 0 Å². The molecule has 3 aromatic rings. The Morgan fingerprint density at radius 3 is 2.90 bits per heavy atom. The van der Waals surface area contributed by atoms with Crippen LogP contribution >= 0.6 is 27.3 Å². The second-order valence-electron chi connectivity index (χ2n) is 6.92. The molecule has 0 saturated carbocycles. The average Bonchev–Trinajstić information content (AvgIpc) is 3.44. The maximum absolute atomic E-state index is 12.8. The number of methoxy groups -OCH3 is 1. The SMILES string of the molecule is COc1ccc(Br)cc1CNC(=O)[C@@H]1CCCN(c2nnc(-n3cccc3)s2)C1. The molecule has 0 spiro atoms. The normalized spacial score (nSPS) is 16.6. The lowest BCUT2D eigenvalue weighted by Gasteiger charge is -2.31.